The summed E-state index contributed by atoms with van der Waals surface area (Å²) in [6.45, 7) is 6.78. The van der Waals surface area contributed by atoms with Crippen LogP contribution in [0.1, 0.15) is 18.9 Å². The quantitative estimate of drug-likeness (QED) is 0.700. The second kappa shape index (κ2) is 8.06. The summed E-state index contributed by atoms with van der Waals surface area (Å²) >= 11 is 2.35. The van der Waals surface area contributed by atoms with Crippen molar-refractivity contribution >= 4 is 22.6 Å². The third-order valence-electron chi connectivity index (χ3n) is 2.85. The summed E-state index contributed by atoms with van der Waals surface area (Å²) in [4.78, 5) is 4.75. The van der Waals surface area contributed by atoms with Crippen molar-refractivity contribution in [3.05, 3.63) is 33.4 Å². The van der Waals surface area contributed by atoms with Crippen LogP contribution in [0, 0.1) is 3.57 Å². The molecule has 0 fully saturated rings. The highest BCUT2D eigenvalue weighted by Crippen LogP contribution is 2.09. The highest BCUT2D eigenvalue weighted by molar-refractivity contribution is 14.1. The van der Waals surface area contributed by atoms with Crippen molar-refractivity contribution in [1.29, 1.82) is 0 Å². The van der Waals surface area contributed by atoms with Gasteiger partial charge in [-0.25, -0.2) is 0 Å². The van der Waals surface area contributed by atoms with E-state index in [-0.39, 0.29) is 0 Å². The summed E-state index contributed by atoms with van der Waals surface area (Å²) in [5.74, 6) is 0. The lowest BCUT2D eigenvalue weighted by Gasteiger charge is -2.21. The summed E-state index contributed by atoms with van der Waals surface area (Å²) in [5.41, 5.74) is 1.41. The number of benzene rings is 1. The van der Waals surface area contributed by atoms with E-state index in [1.54, 1.807) is 0 Å². The molecule has 1 aromatic rings. The Hall–Kier alpha value is -0.130. The van der Waals surface area contributed by atoms with Gasteiger partial charge in [0.1, 0.15) is 0 Å². The Bertz CT molecular complexity index is 309. The van der Waals surface area contributed by atoms with Crippen LogP contribution in [0.2, 0.25) is 0 Å². The molecule has 0 spiro atoms. The van der Waals surface area contributed by atoms with Crippen molar-refractivity contribution in [3.8, 4) is 0 Å². The molecule has 0 aliphatic rings. The van der Waals surface area contributed by atoms with Crippen LogP contribution in [0.4, 0.5) is 0 Å². The molecule has 3 heteroatoms. The molecule has 0 bridgehead atoms. The molecule has 0 N–H and O–H groups in total. The van der Waals surface area contributed by atoms with Crippen LogP contribution < -0.4 is 0 Å². The summed E-state index contributed by atoms with van der Waals surface area (Å²) in [6.07, 6.45) is 1.24. The molecule has 0 aromatic heterocycles. The molecule has 96 valence electrons. The highest BCUT2D eigenvalue weighted by Gasteiger charge is 2.03. The zero-order valence-corrected chi connectivity index (χ0v) is 13.3. The van der Waals surface area contributed by atoms with Crippen molar-refractivity contribution < 1.29 is 0 Å². The van der Waals surface area contributed by atoms with Gasteiger partial charge in [0.05, 0.1) is 0 Å². The van der Waals surface area contributed by atoms with Gasteiger partial charge in [-0.15, -0.1) is 0 Å². The van der Waals surface area contributed by atoms with Gasteiger partial charge in [0.2, 0.25) is 0 Å². The van der Waals surface area contributed by atoms with E-state index in [2.05, 4.69) is 77.7 Å². The molecular weight excluding hydrogens is 323 g/mol. The zero-order valence-electron chi connectivity index (χ0n) is 11.1. The SMILES string of the molecule is CCN(CCCN(C)C)Cc1ccc(I)cc1. The molecule has 0 heterocycles. The minimum atomic E-state index is 1.07. The summed E-state index contributed by atoms with van der Waals surface area (Å²) in [5, 5.41) is 0. The topological polar surface area (TPSA) is 6.48 Å². The predicted octanol–water partition coefficient (Wildman–Crippen LogP) is 3.06. The summed E-state index contributed by atoms with van der Waals surface area (Å²) in [7, 11) is 4.27. The Morgan fingerprint density at radius 1 is 1.06 bits per heavy atom. The smallest absolute Gasteiger partial charge is 0.0233 e. The average Bonchev–Trinajstić information content (AvgIpc) is 2.30. The maximum Gasteiger partial charge on any atom is 0.0233 e. The third kappa shape index (κ3) is 6.38. The van der Waals surface area contributed by atoms with Crippen LogP contribution in [0.25, 0.3) is 0 Å². The van der Waals surface area contributed by atoms with Gasteiger partial charge in [-0.05, 0) is 80.4 Å². The van der Waals surface area contributed by atoms with Crippen LogP contribution in [0.5, 0.6) is 0 Å². The van der Waals surface area contributed by atoms with Crippen molar-refractivity contribution in [3.63, 3.8) is 0 Å². The first-order chi connectivity index (χ1) is 8.11. The molecule has 0 amide bonds. The van der Waals surface area contributed by atoms with Gasteiger partial charge in [-0.1, -0.05) is 19.1 Å². The van der Waals surface area contributed by atoms with Gasteiger partial charge in [0, 0.05) is 10.1 Å². The van der Waals surface area contributed by atoms with Gasteiger partial charge >= 0.3 is 0 Å². The molecule has 0 radical (unpaired) electrons. The standard InChI is InChI=1S/C14H23IN2/c1-4-17(11-5-10-16(2)3)12-13-6-8-14(15)9-7-13/h6-9H,4-5,10-12H2,1-3H3. The molecule has 0 saturated carbocycles. The van der Waals surface area contributed by atoms with Gasteiger partial charge < -0.3 is 4.90 Å². The minimum Gasteiger partial charge on any atom is -0.309 e. The molecule has 1 rings (SSSR count). The zero-order chi connectivity index (χ0) is 12.7. The lowest BCUT2D eigenvalue weighted by molar-refractivity contribution is 0.259. The van der Waals surface area contributed by atoms with Crippen LogP contribution in [0.15, 0.2) is 24.3 Å². The first-order valence-electron chi connectivity index (χ1n) is 6.23. The second-order valence-corrected chi connectivity index (χ2v) is 5.90. The maximum absolute atomic E-state index is 2.51. The van der Waals surface area contributed by atoms with E-state index in [4.69, 9.17) is 0 Å². The molecule has 0 saturated heterocycles. The molecule has 0 aliphatic carbocycles. The molecular formula is C14H23IN2. The summed E-state index contributed by atoms with van der Waals surface area (Å²) in [6, 6.07) is 8.83. The van der Waals surface area contributed by atoms with Gasteiger partial charge in [0.15, 0.2) is 0 Å². The van der Waals surface area contributed by atoms with Gasteiger partial charge in [-0.2, -0.15) is 0 Å². The average molecular weight is 346 g/mol. The Labute approximate surface area is 119 Å². The predicted molar refractivity (Wildman–Crippen MR) is 83.3 cm³/mol. The van der Waals surface area contributed by atoms with Crippen LogP contribution in [0.3, 0.4) is 0 Å². The van der Waals surface area contributed by atoms with Gasteiger partial charge in [-0.3, -0.25) is 4.90 Å². The van der Waals surface area contributed by atoms with Crippen LogP contribution in [-0.4, -0.2) is 43.5 Å². The molecule has 1 aromatic carbocycles. The third-order valence-corrected chi connectivity index (χ3v) is 3.57. The van der Waals surface area contributed by atoms with E-state index in [0.29, 0.717) is 0 Å². The number of hydrogen-bond donors (Lipinski definition) is 0. The fourth-order valence-corrected chi connectivity index (χ4v) is 2.17. The first kappa shape index (κ1) is 14.9. The molecule has 0 atom stereocenters. The second-order valence-electron chi connectivity index (χ2n) is 4.65. The number of rotatable bonds is 7. The monoisotopic (exact) mass is 346 g/mol. The van der Waals surface area contributed by atoms with Crippen LogP contribution in [-0.2, 0) is 6.54 Å². The molecule has 0 aliphatic heterocycles. The normalized spacial score (nSPS) is 11.4. The van der Waals surface area contributed by atoms with E-state index in [1.807, 2.05) is 0 Å². The van der Waals surface area contributed by atoms with E-state index in [1.165, 1.54) is 28.6 Å². The van der Waals surface area contributed by atoms with Crippen molar-refractivity contribution in [2.24, 2.45) is 0 Å². The van der Waals surface area contributed by atoms with Gasteiger partial charge in [0.25, 0.3) is 0 Å². The lowest BCUT2D eigenvalue weighted by atomic mass is 10.2. The minimum absolute atomic E-state index is 1.07. The van der Waals surface area contributed by atoms with E-state index < -0.39 is 0 Å². The van der Waals surface area contributed by atoms with E-state index in [9.17, 15) is 0 Å². The number of hydrogen-bond acceptors (Lipinski definition) is 2. The fourth-order valence-electron chi connectivity index (χ4n) is 1.81. The van der Waals surface area contributed by atoms with Crippen molar-refractivity contribution in [2.45, 2.75) is 19.9 Å². The Balaban J connectivity index is 2.38. The maximum atomic E-state index is 2.51. The Kier molecular flexibility index (Phi) is 7.08. The van der Waals surface area contributed by atoms with Crippen molar-refractivity contribution in [2.75, 3.05) is 33.7 Å². The molecule has 0 unspecified atom stereocenters. The fraction of sp³-hybridized carbons (Fsp3) is 0.571. The summed E-state index contributed by atoms with van der Waals surface area (Å²) < 4.78 is 1.31. The lowest BCUT2D eigenvalue weighted by Crippen LogP contribution is -2.26. The highest BCUT2D eigenvalue weighted by atomic mass is 127. The van der Waals surface area contributed by atoms with Crippen molar-refractivity contribution in [1.82, 2.24) is 9.80 Å². The Morgan fingerprint density at radius 2 is 1.71 bits per heavy atom. The van der Waals surface area contributed by atoms with E-state index in [0.717, 1.165) is 13.1 Å². The molecule has 17 heavy (non-hydrogen) atoms. The largest absolute Gasteiger partial charge is 0.309 e. The Morgan fingerprint density at radius 3 is 2.24 bits per heavy atom. The molecule has 2 nitrogen and oxygen atoms in total. The first-order valence-corrected chi connectivity index (χ1v) is 7.31. The number of nitrogens with zero attached hydrogens (tertiary/aromatic N) is 2. The number of halogens is 1. The van der Waals surface area contributed by atoms with E-state index >= 15 is 0 Å². The van der Waals surface area contributed by atoms with Crippen LogP contribution >= 0.6 is 22.6 Å².